The van der Waals surface area contributed by atoms with Crippen molar-refractivity contribution >= 4 is 11.7 Å². The van der Waals surface area contributed by atoms with Crippen LogP contribution in [-0.4, -0.2) is 18.2 Å². The minimum atomic E-state index is -0.955. The zero-order valence-corrected chi connectivity index (χ0v) is 16.2. The number of hydrogen-bond acceptors (Lipinski definition) is 4. The Morgan fingerprint density at radius 1 is 1.10 bits per heavy atom. The van der Waals surface area contributed by atoms with Gasteiger partial charge in [-0.2, -0.15) is 0 Å². The van der Waals surface area contributed by atoms with Crippen LogP contribution >= 0.6 is 0 Å². The summed E-state index contributed by atoms with van der Waals surface area (Å²) in [4.78, 5) is 11.1. The predicted molar refractivity (Wildman–Crippen MR) is 109 cm³/mol. The lowest BCUT2D eigenvalue weighted by Gasteiger charge is -2.17. The molecule has 0 spiro atoms. The Bertz CT molecular complexity index is 1000. The van der Waals surface area contributed by atoms with Crippen LogP contribution in [0.4, 0.5) is 10.1 Å². The van der Waals surface area contributed by atoms with Crippen molar-refractivity contribution in [3.8, 4) is 11.5 Å². The summed E-state index contributed by atoms with van der Waals surface area (Å²) in [7, 11) is 1.58. The number of para-hydroxylation sites is 1. The zero-order valence-electron chi connectivity index (χ0n) is 16.2. The molecule has 0 aliphatic carbocycles. The second kappa shape index (κ2) is 9.10. The van der Waals surface area contributed by atoms with Crippen LogP contribution in [0.25, 0.3) is 0 Å². The van der Waals surface area contributed by atoms with Crippen molar-refractivity contribution in [2.75, 3.05) is 12.4 Å². The number of methoxy groups -OCH3 is 1. The third-order valence-electron chi connectivity index (χ3n) is 4.52. The maximum Gasteiger partial charge on any atom is 0.335 e. The molecule has 0 bridgehead atoms. The predicted octanol–water partition coefficient (Wildman–Crippen LogP) is 5.03. The number of anilines is 1. The third kappa shape index (κ3) is 5.04. The van der Waals surface area contributed by atoms with Gasteiger partial charge < -0.3 is 19.9 Å². The Kier molecular flexibility index (Phi) is 6.34. The van der Waals surface area contributed by atoms with Gasteiger partial charge in [0.2, 0.25) is 0 Å². The molecule has 0 aliphatic rings. The number of carbonyl (C=O) groups is 1. The topological polar surface area (TPSA) is 67.8 Å². The van der Waals surface area contributed by atoms with Gasteiger partial charge in [-0.3, -0.25) is 0 Å². The van der Waals surface area contributed by atoms with Gasteiger partial charge in [-0.05, 0) is 54.4 Å². The minimum absolute atomic E-state index is 0.248. The third-order valence-corrected chi connectivity index (χ3v) is 4.52. The van der Waals surface area contributed by atoms with Crippen LogP contribution in [0.2, 0.25) is 0 Å². The number of nitrogens with one attached hydrogen (secondary N) is 1. The van der Waals surface area contributed by atoms with Gasteiger partial charge in [0.1, 0.15) is 12.4 Å². The number of benzene rings is 3. The van der Waals surface area contributed by atoms with E-state index in [1.807, 2.05) is 25.1 Å². The van der Waals surface area contributed by atoms with Crippen LogP contribution < -0.4 is 14.8 Å². The molecular weight excluding hydrogens is 373 g/mol. The Labute approximate surface area is 168 Å². The normalized spacial score (nSPS) is 10.4. The molecule has 0 saturated heterocycles. The van der Waals surface area contributed by atoms with Crippen molar-refractivity contribution in [1.29, 1.82) is 0 Å². The summed E-state index contributed by atoms with van der Waals surface area (Å²) in [6, 6.07) is 16.7. The first-order chi connectivity index (χ1) is 14.0. The molecule has 3 aromatic carbocycles. The molecule has 0 saturated carbocycles. The summed E-state index contributed by atoms with van der Waals surface area (Å²) in [5.74, 6) is -0.0415. The minimum Gasteiger partial charge on any atom is -0.493 e. The van der Waals surface area contributed by atoms with Gasteiger partial charge in [0.25, 0.3) is 0 Å². The van der Waals surface area contributed by atoms with Crippen LogP contribution in [0.1, 0.15) is 27.0 Å². The van der Waals surface area contributed by atoms with E-state index in [9.17, 15) is 9.18 Å². The number of aromatic carboxylic acids is 1. The largest absolute Gasteiger partial charge is 0.493 e. The lowest BCUT2D eigenvalue weighted by molar-refractivity contribution is 0.0697. The molecule has 0 radical (unpaired) electrons. The number of carboxylic acid groups (broad SMARTS) is 1. The number of rotatable bonds is 8. The number of hydrogen-bond donors (Lipinski definition) is 2. The molecular formula is C23H22FNO4. The van der Waals surface area contributed by atoms with Crippen LogP contribution in [-0.2, 0) is 13.2 Å². The molecule has 3 aromatic rings. The molecule has 0 amide bonds. The first-order valence-corrected chi connectivity index (χ1v) is 9.09. The SMILES string of the molecule is COc1cccc(CNc2ccc(C(=O)O)cc2C)c1OCc1ccc(F)cc1. The van der Waals surface area contributed by atoms with E-state index < -0.39 is 5.97 Å². The molecule has 0 fully saturated rings. The van der Waals surface area contributed by atoms with Crippen LogP contribution in [0.3, 0.4) is 0 Å². The highest BCUT2D eigenvalue weighted by Crippen LogP contribution is 2.32. The summed E-state index contributed by atoms with van der Waals surface area (Å²) >= 11 is 0. The highest BCUT2D eigenvalue weighted by atomic mass is 19.1. The van der Waals surface area contributed by atoms with Crippen molar-refractivity contribution in [3.05, 3.63) is 88.7 Å². The first-order valence-electron chi connectivity index (χ1n) is 9.09. The van der Waals surface area contributed by atoms with E-state index >= 15 is 0 Å². The molecule has 6 heteroatoms. The second-order valence-electron chi connectivity index (χ2n) is 6.55. The van der Waals surface area contributed by atoms with Gasteiger partial charge >= 0.3 is 5.97 Å². The van der Waals surface area contributed by atoms with E-state index in [1.165, 1.54) is 12.1 Å². The lowest BCUT2D eigenvalue weighted by atomic mass is 10.1. The molecule has 0 heterocycles. The Hall–Kier alpha value is -3.54. The average molecular weight is 395 g/mol. The maximum atomic E-state index is 13.1. The summed E-state index contributed by atoms with van der Waals surface area (Å²) < 4.78 is 24.5. The van der Waals surface area contributed by atoms with Crippen molar-refractivity contribution in [1.82, 2.24) is 0 Å². The Balaban J connectivity index is 1.77. The summed E-state index contributed by atoms with van der Waals surface area (Å²) in [6.07, 6.45) is 0. The second-order valence-corrected chi connectivity index (χ2v) is 6.55. The van der Waals surface area contributed by atoms with Crippen LogP contribution in [0.15, 0.2) is 60.7 Å². The molecule has 0 atom stereocenters. The Morgan fingerprint density at radius 3 is 2.52 bits per heavy atom. The maximum absolute atomic E-state index is 13.1. The van der Waals surface area contributed by atoms with Gasteiger partial charge in [0.05, 0.1) is 12.7 Å². The van der Waals surface area contributed by atoms with Gasteiger partial charge in [-0.25, -0.2) is 9.18 Å². The van der Waals surface area contributed by atoms with Crippen molar-refractivity contribution in [2.24, 2.45) is 0 Å². The monoisotopic (exact) mass is 395 g/mol. The van der Waals surface area contributed by atoms with Crippen molar-refractivity contribution in [2.45, 2.75) is 20.1 Å². The van der Waals surface area contributed by atoms with Crippen molar-refractivity contribution in [3.63, 3.8) is 0 Å². The molecule has 0 aliphatic heterocycles. The van der Waals surface area contributed by atoms with E-state index in [4.69, 9.17) is 14.6 Å². The van der Waals surface area contributed by atoms with E-state index in [0.29, 0.717) is 18.0 Å². The number of halogens is 1. The fraction of sp³-hybridized carbons (Fsp3) is 0.174. The number of aryl methyl sites for hydroxylation is 1. The molecule has 29 heavy (non-hydrogen) atoms. The fourth-order valence-electron chi connectivity index (χ4n) is 2.95. The van der Waals surface area contributed by atoms with E-state index in [-0.39, 0.29) is 18.0 Å². The van der Waals surface area contributed by atoms with Gasteiger partial charge in [-0.1, -0.05) is 24.3 Å². The molecule has 150 valence electrons. The molecule has 0 unspecified atom stereocenters. The van der Waals surface area contributed by atoms with Crippen molar-refractivity contribution < 1.29 is 23.8 Å². The standard InChI is InChI=1S/C23H22FNO4/c1-15-12-17(23(26)27)8-11-20(15)25-13-18-4-3-5-21(28-2)22(18)29-14-16-6-9-19(24)10-7-16/h3-12,25H,13-14H2,1-2H3,(H,26,27). The summed E-state index contributed by atoms with van der Waals surface area (Å²) in [5.41, 5.74) is 3.64. The zero-order chi connectivity index (χ0) is 20.8. The molecule has 3 rings (SSSR count). The van der Waals surface area contributed by atoms with E-state index in [1.54, 1.807) is 37.4 Å². The Morgan fingerprint density at radius 2 is 1.86 bits per heavy atom. The van der Waals surface area contributed by atoms with Crippen LogP contribution in [0, 0.1) is 12.7 Å². The molecule has 0 aromatic heterocycles. The number of ether oxygens (including phenoxy) is 2. The van der Waals surface area contributed by atoms with E-state index in [2.05, 4.69) is 5.32 Å². The fourth-order valence-corrected chi connectivity index (χ4v) is 2.95. The highest BCUT2D eigenvalue weighted by Gasteiger charge is 2.12. The smallest absolute Gasteiger partial charge is 0.335 e. The summed E-state index contributed by atoms with van der Waals surface area (Å²) in [6.45, 7) is 2.59. The quantitative estimate of drug-likeness (QED) is 0.560. The van der Waals surface area contributed by atoms with E-state index in [0.717, 1.165) is 22.4 Å². The van der Waals surface area contributed by atoms with Crippen LogP contribution in [0.5, 0.6) is 11.5 Å². The van der Waals surface area contributed by atoms with Gasteiger partial charge in [0.15, 0.2) is 11.5 Å². The average Bonchev–Trinajstić information content (AvgIpc) is 2.72. The lowest BCUT2D eigenvalue weighted by Crippen LogP contribution is -2.06. The summed E-state index contributed by atoms with van der Waals surface area (Å²) in [5, 5.41) is 12.4. The molecule has 2 N–H and O–H groups in total. The number of carboxylic acids is 1. The first kappa shape index (κ1) is 20.2. The highest BCUT2D eigenvalue weighted by molar-refractivity contribution is 5.88. The van der Waals surface area contributed by atoms with Gasteiger partial charge in [-0.15, -0.1) is 0 Å². The molecule has 5 nitrogen and oxygen atoms in total. The van der Waals surface area contributed by atoms with Gasteiger partial charge in [0, 0.05) is 17.8 Å².